The number of pyridine rings is 1. The Kier molecular flexibility index (Phi) is 8.57. The first kappa shape index (κ1) is 26.2. The van der Waals surface area contributed by atoms with Gasteiger partial charge in [-0.3, -0.25) is 25.0 Å². The molecule has 0 spiro atoms. The van der Waals surface area contributed by atoms with Crippen LogP contribution in [0, 0.1) is 0 Å². The number of carbonyl (C=O) groups excluding carboxylic acids is 4. The fourth-order valence-electron chi connectivity index (χ4n) is 3.57. The minimum absolute atomic E-state index is 0.0777. The van der Waals surface area contributed by atoms with Gasteiger partial charge in [-0.2, -0.15) is 0 Å². The fraction of sp³-hybridized carbons (Fsp3) is 0.292. The molecular weight excluding hydrogens is 468 g/mol. The highest BCUT2D eigenvalue weighted by Gasteiger charge is 2.24. The van der Waals surface area contributed by atoms with E-state index in [4.69, 9.17) is 9.15 Å². The van der Waals surface area contributed by atoms with Crippen LogP contribution in [0.4, 0.5) is 10.6 Å². The number of nitrogens with zero attached hydrogens (tertiary/aromatic N) is 2. The third-order valence-electron chi connectivity index (χ3n) is 5.31. The van der Waals surface area contributed by atoms with Crippen molar-refractivity contribution in [2.24, 2.45) is 0 Å². The second-order valence-electron chi connectivity index (χ2n) is 7.75. The van der Waals surface area contributed by atoms with Gasteiger partial charge >= 0.3 is 6.03 Å². The number of hydrogen-bond acceptors (Lipinski definition) is 8. The van der Waals surface area contributed by atoms with E-state index in [1.54, 1.807) is 57.3 Å². The summed E-state index contributed by atoms with van der Waals surface area (Å²) in [7, 11) is 4.97. The van der Waals surface area contributed by atoms with Crippen molar-refractivity contribution in [2.45, 2.75) is 19.5 Å². The van der Waals surface area contributed by atoms with Crippen LogP contribution in [0.2, 0.25) is 0 Å². The van der Waals surface area contributed by atoms with Gasteiger partial charge in [0.2, 0.25) is 6.41 Å². The number of imide groups is 1. The Morgan fingerprint density at radius 1 is 1.25 bits per heavy atom. The number of fused-ring (bicyclic) bond motifs is 2. The molecule has 12 heteroatoms. The molecule has 3 aromatic rings. The molecule has 0 fully saturated rings. The van der Waals surface area contributed by atoms with E-state index in [9.17, 15) is 19.2 Å². The Morgan fingerprint density at radius 2 is 2.03 bits per heavy atom. The van der Waals surface area contributed by atoms with Crippen LogP contribution in [0.3, 0.4) is 0 Å². The smallest absolute Gasteiger partial charge is 0.320 e. The third-order valence-corrected chi connectivity index (χ3v) is 5.31. The zero-order chi connectivity index (χ0) is 26.2. The van der Waals surface area contributed by atoms with E-state index in [0.717, 1.165) is 16.9 Å². The van der Waals surface area contributed by atoms with Gasteiger partial charge in [0.25, 0.3) is 11.8 Å². The molecule has 0 radical (unpaired) electrons. The van der Waals surface area contributed by atoms with E-state index in [0.29, 0.717) is 42.2 Å². The summed E-state index contributed by atoms with van der Waals surface area (Å²) in [6, 6.07) is 9.23. The van der Waals surface area contributed by atoms with Crippen molar-refractivity contribution in [3.8, 4) is 5.75 Å². The lowest BCUT2D eigenvalue weighted by Crippen LogP contribution is -2.34. The van der Waals surface area contributed by atoms with Crippen LogP contribution in [0.25, 0.3) is 11.1 Å². The van der Waals surface area contributed by atoms with Crippen LogP contribution in [0.1, 0.15) is 34.6 Å². The molecule has 4 N–H and O–H groups in total. The zero-order valence-corrected chi connectivity index (χ0v) is 20.4. The lowest BCUT2D eigenvalue weighted by atomic mass is 10.1. The molecule has 190 valence electrons. The number of amides is 5. The molecule has 1 aliphatic rings. The van der Waals surface area contributed by atoms with Crippen LogP contribution in [0.5, 0.6) is 5.75 Å². The predicted octanol–water partition coefficient (Wildman–Crippen LogP) is 1.78. The lowest BCUT2D eigenvalue weighted by Gasteiger charge is -2.10. The molecule has 1 aromatic carbocycles. The van der Waals surface area contributed by atoms with E-state index in [1.165, 1.54) is 0 Å². The third kappa shape index (κ3) is 5.96. The van der Waals surface area contributed by atoms with E-state index in [2.05, 4.69) is 26.3 Å². The molecule has 0 bridgehead atoms. The highest BCUT2D eigenvalue weighted by molar-refractivity contribution is 5.98. The molecule has 1 unspecified atom stereocenters. The molecule has 0 aliphatic carbocycles. The van der Waals surface area contributed by atoms with Gasteiger partial charge in [0.15, 0.2) is 5.58 Å². The maximum Gasteiger partial charge on any atom is 0.320 e. The van der Waals surface area contributed by atoms with Crippen LogP contribution in [0.15, 0.2) is 40.8 Å². The molecule has 3 heterocycles. The number of urea groups is 1. The molecule has 1 aliphatic heterocycles. The Morgan fingerprint density at radius 3 is 2.69 bits per heavy atom. The quantitative estimate of drug-likeness (QED) is 0.361. The van der Waals surface area contributed by atoms with Gasteiger partial charge in [-0.15, -0.1) is 0 Å². The summed E-state index contributed by atoms with van der Waals surface area (Å²) < 4.78 is 10.6. The largest absolute Gasteiger partial charge is 0.497 e. The summed E-state index contributed by atoms with van der Waals surface area (Å²) in [4.78, 5) is 51.1. The lowest BCUT2D eigenvalue weighted by molar-refractivity contribution is -0.127. The van der Waals surface area contributed by atoms with Crippen molar-refractivity contribution in [3.05, 3.63) is 53.3 Å². The van der Waals surface area contributed by atoms with Crippen molar-refractivity contribution in [2.75, 3.05) is 33.1 Å². The summed E-state index contributed by atoms with van der Waals surface area (Å²) in [5.74, 6) is 0.942. The number of nitrogens with one attached hydrogen (secondary N) is 4. The Balaban J connectivity index is 0.000000233. The monoisotopic (exact) mass is 496 g/mol. The number of carbonyl (C=O) groups is 4. The molecule has 5 amide bonds. The number of methoxy groups -OCH3 is 1. The number of furan rings is 1. The van der Waals surface area contributed by atoms with E-state index < -0.39 is 11.9 Å². The highest BCUT2D eigenvalue weighted by atomic mass is 16.5. The number of likely N-dealkylation sites (N-methyl/N-ethyl adjacent to an activating group) is 1. The second kappa shape index (κ2) is 11.8. The van der Waals surface area contributed by atoms with Crippen molar-refractivity contribution >= 4 is 41.2 Å². The van der Waals surface area contributed by atoms with E-state index in [1.807, 2.05) is 12.1 Å². The number of anilines is 1. The van der Waals surface area contributed by atoms with Gasteiger partial charge in [0.1, 0.15) is 28.9 Å². The van der Waals surface area contributed by atoms with Crippen molar-refractivity contribution in [3.63, 3.8) is 0 Å². The summed E-state index contributed by atoms with van der Waals surface area (Å²) in [5, 5.41) is 10.00. The molecule has 36 heavy (non-hydrogen) atoms. The minimum Gasteiger partial charge on any atom is -0.497 e. The molecule has 0 saturated heterocycles. The predicted molar refractivity (Wildman–Crippen MR) is 132 cm³/mol. The number of benzene rings is 1. The number of ether oxygens (including phenoxy) is 1. The molecule has 2 aromatic heterocycles. The number of hydrogen-bond donors (Lipinski definition) is 4. The van der Waals surface area contributed by atoms with Crippen LogP contribution in [-0.2, 0) is 16.1 Å². The average Bonchev–Trinajstić information content (AvgIpc) is 3.39. The van der Waals surface area contributed by atoms with Gasteiger partial charge in [0, 0.05) is 31.8 Å². The Bertz CT molecular complexity index is 1270. The first-order valence-electron chi connectivity index (χ1n) is 11.1. The molecule has 4 rings (SSSR count). The summed E-state index contributed by atoms with van der Waals surface area (Å²) in [5.41, 5.74) is 2.78. The fourth-order valence-corrected chi connectivity index (χ4v) is 3.57. The zero-order valence-electron chi connectivity index (χ0n) is 20.4. The minimum atomic E-state index is -0.825. The number of aromatic nitrogens is 1. The Hall–Kier alpha value is -4.45. The normalized spacial score (nSPS) is 12.8. The van der Waals surface area contributed by atoms with Crippen molar-refractivity contribution in [1.82, 2.24) is 25.8 Å². The SMILES string of the molecule is CCNC(=O)Nc1ccc2oc(C(NC)C(=O)NC=O)cc2n1.COc1ccc2c(c1)C(=O)N(C)C2. The summed E-state index contributed by atoms with van der Waals surface area (Å²) >= 11 is 0. The number of rotatable bonds is 7. The van der Waals surface area contributed by atoms with Gasteiger partial charge in [-0.1, -0.05) is 6.07 Å². The average molecular weight is 497 g/mol. The first-order valence-corrected chi connectivity index (χ1v) is 11.1. The maximum atomic E-state index is 11.8. The standard InChI is InChI=1S/C14H17N5O4.C10H11NO2/c1-3-16-14(22)19-11-5-4-9-8(18-11)6-10(23-9)12(15-2)13(21)17-7-20;1-11-6-7-3-4-8(13-2)5-9(7)10(11)12/h4-7,12,15H,3H2,1-2H3,(H,17,20,21)(H2,16,18,19,22);3-5H,6H2,1-2H3. The summed E-state index contributed by atoms with van der Waals surface area (Å²) in [6.45, 7) is 3.01. The molecule has 0 saturated carbocycles. The Labute approximate surface area is 207 Å². The van der Waals surface area contributed by atoms with Crippen molar-refractivity contribution < 1.29 is 28.3 Å². The van der Waals surface area contributed by atoms with Crippen LogP contribution < -0.4 is 26.0 Å². The van der Waals surface area contributed by atoms with Gasteiger partial charge in [0.05, 0.1) is 7.11 Å². The summed E-state index contributed by atoms with van der Waals surface area (Å²) in [6.07, 6.45) is 0.307. The van der Waals surface area contributed by atoms with Crippen LogP contribution in [-0.4, -0.2) is 61.9 Å². The topological polar surface area (TPSA) is 155 Å². The van der Waals surface area contributed by atoms with E-state index in [-0.39, 0.29) is 11.9 Å². The van der Waals surface area contributed by atoms with Crippen LogP contribution >= 0.6 is 0 Å². The maximum absolute atomic E-state index is 11.8. The van der Waals surface area contributed by atoms with Gasteiger partial charge < -0.3 is 24.7 Å². The molecule has 12 nitrogen and oxygen atoms in total. The molecular formula is C24H28N6O6. The van der Waals surface area contributed by atoms with E-state index >= 15 is 0 Å². The van der Waals surface area contributed by atoms with Gasteiger partial charge in [-0.05, 0) is 43.8 Å². The van der Waals surface area contributed by atoms with Crippen molar-refractivity contribution in [1.29, 1.82) is 0 Å². The highest BCUT2D eigenvalue weighted by Crippen LogP contribution is 2.26. The van der Waals surface area contributed by atoms with Gasteiger partial charge in [-0.25, -0.2) is 9.78 Å². The second-order valence-corrected chi connectivity index (χ2v) is 7.75. The molecule has 1 atom stereocenters. The first-order chi connectivity index (χ1) is 17.3.